The molecule has 1 aliphatic carbocycles. The van der Waals surface area contributed by atoms with E-state index in [2.05, 4.69) is 158 Å². The molecule has 3 heteroatoms. The van der Waals surface area contributed by atoms with E-state index < -0.39 is 0 Å². The highest BCUT2D eigenvalue weighted by atomic mass is 15.0. The van der Waals surface area contributed by atoms with Crippen molar-refractivity contribution in [2.24, 2.45) is 0 Å². The monoisotopic (exact) mass is 623 g/mol. The Labute approximate surface area is 284 Å². The molecule has 1 aromatic heterocycles. The smallest absolute Gasteiger partial charge is 0.164 e. The van der Waals surface area contributed by atoms with Crippen LogP contribution < -0.4 is 0 Å². The Morgan fingerprint density at radius 1 is 0.306 bits per heavy atom. The molecule has 3 nitrogen and oxygen atoms in total. The third-order valence-electron chi connectivity index (χ3n) is 9.96. The van der Waals surface area contributed by atoms with Crippen LogP contribution in [-0.2, 0) is 6.42 Å². The van der Waals surface area contributed by atoms with Gasteiger partial charge in [0.1, 0.15) is 0 Å². The lowest BCUT2D eigenvalue weighted by Gasteiger charge is -2.14. The minimum atomic E-state index is 0.661. The van der Waals surface area contributed by atoms with Crippen LogP contribution in [0.15, 0.2) is 164 Å². The molecular formula is C46H29N3. The fourth-order valence-electron chi connectivity index (χ4n) is 7.64. The van der Waals surface area contributed by atoms with Gasteiger partial charge in [0.05, 0.1) is 0 Å². The molecule has 0 amide bonds. The fourth-order valence-corrected chi connectivity index (χ4v) is 7.64. The second-order valence-electron chi connectivity index (χ2n) is 12.8. The summed E-state index contributed by atoms with van der Waals surface area (Å²) in [7, 11) is 0. The van der Waals surface area contributed by atoms with Crippen molar-refractivity contribution in [2.45, 2.75) is 6.42 Å². The van der Waals surface area contributed by atoms with E-state index >= 15 is 0 Å². The van der Waals surface area contributed by atoms with Crippen molar-refractivity contribution in [2.75, 3.05) is 0 Å². The van der Waals surface area contributed by atoms with Crippen LogP contribution in [0.1, 0.15) is 11.1 Å². The fraction of sp³-hybridized carbons (Fsp3) is 0.0217. The molecule has 49 heavy (non-hydrogen) atoms. The maximum absolute atomic E-state index is 5.25. The summed E-state index contributed by atoms with van der Waals surface area (Å²) in [6.45, 7) is 0. The van der Waals surface area contributed by atoms with Crippen molar-refractivity contribution in [3.05, 3.63) is 175 Å². The number of rotatable bonds is 4. The molecule has 0 atom stereocenters. The van der Waals surface area contributed by atoms with Gasteiger partial charge in [0, 0.05) is 16.7 Å². The summed E-state index contributed by atoms with van der Waals surface area (Å²) in [6.07, 6.45) is 0.858. The number of nitrogens with zero attached hydrogens (tertiary/aromatic N) is 3. The lowest BCUT2D eigenvalue weighted by atomic mass is 9.93. The molecule has 0 spiro atoms. The van der Waals surface area contributed by atoms with Crippen LogP contribution in [0.3, 0.4) is 0 Å². The van der Waals surface area contributed by atoms with Crippen molar-refractivity contribution < 1.29 is 0 Å². The predicted molar refractivity (Wildman–Crippen MR) is 202 cm³/mol. The molecule has 0 bridgehead atoms. The second-order valence-corrected chi connectivity index (χ2v) is 12.8. The molecule has 0 N–H and O–H groups in total. The number of benzene rings is 8. The predicted octanol–water partition coefficient (Wildman–Crippen LogP) is 11.6. The van der Waals surface area contributed by atoms with E-state index in [4.69, 9.17) is 15.0 Å². The maximum atomic E-state index is 5.25. The summed E-state index contributed by atoms with van der Waals surface area (Å²) in [5, 5.41) is 7.40. The average Bonchev–Trinajstić information content (AvgIpc) is 3.57. The minimum Gasteiger partial charge on any atom is -0.208 e. The first kappa shape index (κ1) is 27.6. The number of hydrogen-bond acceptors (Lipinski definition) is 3. The van der Waals surface area contributed by atoms with Gasteiger partial charge in [0.2, 0.25) is 0 Å². The quantitative estimate of drug-likeness (QED) is 0.183. The van der Waals surface area contributed by atoms with E-state index in [1.54, 1.807) is 0 Å². The first-order valence-electron chi connectivity index (χ1n) is 16.7. The van der Waals surface area contributed by atoms with Crippen LogP contribution >= 0.6 is 0 Å². The molecule has 0 saturated carbocycles. The Kier molecular flexibility index (Phi) is 6.25. The molecule has 9 aromatic rings. The Balaban J connectivity index is 1.21. The summed E-state index contributed by atoms with van der Waals surface area (Å²) < 4.78 is 0. The molecule has 8 aromatic carbocycles. The van der Waals surface area contributed by atoms with Crippen LogP contribution in [0.2, 0.25) is 0 Å². The third kappa shape index (κ3) is 4.55. The van der Waals surface area contributed by atoms with Crippen molar-refractivity contribution in [1.82, 2.24) is 15.0 Å². The molecule has 0 unspecified atom stereocenters. The summed E-state index contributed by atoms with van der Waals surface area (Å²) in [5.74, 6) is 2.02. The SMILES string of the molecule is c1ccc(-c2cccc(-c3nc(-c4ccc5c6ccccc6c6ccccc6c5c4)nc(-c4cccc5c4Cc4ccccc4-5)n3)c2)cc1. The lowest BCUT2D eigenvalue weighted by Crippen LogP contribution is -2.02. The summed E-state index contributed by atoms with van der Waals surface area (Å²) in [6, 6.07) is 58.2. The molecule has 10 rings (SSSR count). The van der Waals surface area contributed by atoms with Crippen LogP contribution in [0, 0.1) is 0 Å². The largest absolute Gasteiger partial charge is 0.208 e. The molecule has 0 aliphatic heterocycles. The van der Waals surface area contributed by atoms with Gasteiger partial charge < -0.3 is 0 Å². The van der Waals surface area contributed by atoms with E-state index in [1.165, 1.54) is 54.6 Å². The lowest BCUT2D eigenvalue weighted by molar-refractivity contribution is 1.07. The van der Waals surface area contributed by atoms with Gasteiger partial charge in [-0.3, -0.25) is 0 Å². The minimum absolute atomic E-state index is 0.661. The molecule has 1 aliphatic rings. The summed E-state index contributed by atoms with van der Waals surface area (Å²) in [5.41, 5.74) is 10.4. The van der Waals surface area contributed by atoms with E-state index in [0.717, 1.165) is 34.2 Å². The van der Waals surface area contributed by atoms with Gasteiger partial charge in [-0.15, -0.1) is 0 Å². The summed E-state index contributed by atoms with van der Waals surface area (Å²) >= 11 is 0. The van der Waals surface area contributed by atoms with E-state index in [1.807, 2.05) is 6.07 Å². The first-order chi connectivity index (χ1) is 24.3. The zero-order valence-electron chi connectivity index (χ0n) is 26.6. The van der Waals surface area contributed by atoms with E-state index in [9.17, 15) is 0 Å². The Morgan fingerprint density at radius 3 is 1.57 bits per heavy atom. The normalized spacial score (nSPS) is 12.0. The molecule has 228 valence electrons. The van der Waals surface area contributed by atoms with Gasteiger partial charge in [-0.25, -0.2) is 15.0 Å². The van der Waals surface area contributed by atoms with Crippen molar-refractivity contribution in [1.29, 1.82) is 0 Å². The highest BCUT2D eigenvalue weighted by Gasteiger charge is 2.23. The number of fused-ring (bicyclic) bond motifs is 9. The second kappa shape index (κ2) is 11.1. The van der Waals surface area contributed by atoms with Crippen LogP contribution in [-0.4, -0.2) is 15.0 Å². The highest BCUT2D eigenvalue weighted by molar-refractivity contribution is 6.25. The topological polar surface area (TPSA) is 38.7 Å². The van der Waals surface area contributed by atoms with E-state index in [-0.39, 0.29) is 0 Å². The van der Waals surface area contributed by atoms with Gasteiger partial charge >= 0.3 is 0 Å². The van der Waals surface area contributed by atoms with Crippen molar-refractivity contribution >= 4 is 32.3 Å². The Morgan fingerprint density at radius 2 is 0.816 bits per heavy atom. The van der Waals surface area contributed by atoms with Gasteiger partial charge in [-0.1, -0.05) is 152 Å². The summed E-state index contributed by atoms with van der Waals surface area (Å²) in [4.78, 5) is 15.6. The molecule has 1 heterocycles. The van der Waals surface area contributed by atoms with Gasteiger partial charge in [0.25, 0.3) is 0 Å². The molecule has 0 radical (unpaired) electrons. The Bertz CT molecular complexity index is 2710. The van der Waals surface area contributed by atoms with Crippen molar-refractivity contribution in [3.63, 3.8) is 0 Å². The number of aromatic nitrogens is 3. The van der Waals surface area contributed by atoms with Crippen LogP contribution in [0.4, 0.5) is 0 Å². The van der Waals surface area contributed by atoms with E-state index in [0.29, 0.717) is 17.5 Å². The molecule has 0 saturated heterocycles. The van der Waals surface area contributed by atoms with Gasteiger partial charge in [-0.05, 0) is 84.3 Å². The standard InChI is InChI=1S/C46H29N3/c1-2-12-29(13-3-1)30-15-10-16-32(26-30)44-47-45(49-46(48-44)41-23-11-22-35-34-17-5-4-14-31(34)27-43(35)41)33-24-25-40-38-20-7-6-18-36(38)37-19-8-9-21-39(37)42(40)28-33/h1-26,28H,27H2. The zero-order valence-corrected chi connectivity index (χ0v) is 26.6. The van der Waals surface area contributed by atoms with Crippen LogP contribution in [0.25, 0.3) is 88.7 Å². The first-order valence-corrected chi connectivity index (χ1v) is 16.7. The third-order valence-corrected chi connectivity index (χ3v) is 9.96. The molecule has 0 fully saturated rings. The highest BCUT2D eigenvalue weighted by Crippen LogP contribution is 2.42. The Hall–Kier alpha value is -6.45. The maximum Gasteiger partial charge on any atom is 0.164 e. The average molecular weight is 624 g/mol. The zero-order chi connectivity index (χ0) is 32.3. The van der Waals surface area contributed by atoms with Crippen LogP contribution in [0.5, 0.6) is 0 Å². The number of hydrogen-bond donors (Lipinski definition) is 0. The van der Waals surface area contributed by atoms with Gasteiger partial charge in [-0.2, -0.15) is 0 Å². The molecular weight excluding hydrogens is 595 g/mol. The van der Waals surface area contributed by atoms with Crippen molar-refractivity contribution in [3.8, 4) is 56.4 Å². The van der Waals surface area contributed by atoms with Gasteiger partial charge in [0.15, 0.2) is 17.5 Å².